The average Bonchev–Trinajstić information content (AvgIpc) is 3.28. The fourth-order valence-corrected chi connectivity index (χ4v) is 5.29. The first-order chi connectivity index (χ1) is 13.3. The van der Waals surface area contributed by atoms with Gasteiger partial charge in [-0.25, -0.2) is 0 Å². The summed E-state index contributed by atoms with van der Waals surface area (Å²) in [5.74, 6) is -2.45. The summed E-state index contributed by atoms with van der Waals surface area (Å²) in [5, 5.41) is 12.7. The lowest BCUT2D eigenvalue weighted by molar-refractivity contribution is -0.155. The maximum atomic E-state index is 13.4. The molecule has 2 N–H and O–H groups in total. The van der Waals surface area contributed by atoms with Crippen molar-refractivity contribution in [1.29, 1.82) is 0 Å². The molecule has 3 aliphatic rings. The zero-order valence-corrected chi connectivity index (χ0v) is 17.1. The maximum absolute atomic E-state index is 13.4. The molecule has 0 aromatic rings. The second-order valence-corrected chi connectivity index (χ2v) is 8.28. The van der Waals surface area contributed by atoms with Crippen LogP contribution in [-0.2, 0) is 23.9 Å². The van der Waals surface area contributed by atoms with Crippen molar-refractivity contribution in [3.05, 3.63) is 0 Å². The Labute approximate surface area is 165 Å². The van der Waals surface area contributed by atoms with E-state index in [1.54, 1.807) is 13.8 Å². The van der Waals surface area contributed by atoms with E-state index in [1.165, 1.54) is 4.90 Å². The Morgan fingerprint density at radius 2 is 2.11 bits per heavy atom. The van der Waals surface area contributed by atoms with Gasteiger partial charge in [-0.05, 0) is 40.0 Å². The first kappa shape index (κ1) is 21.0. The molecule has 7 atom stereocenters. The van der Waals surface area contributed by atoms with Crippen molar-refractivity contribution >= 4 is 17.8 Å². The minimum atomic E-state index is -1.03. The van der Waals surface area contributed by atoms with Crippen LogP contribution in [0.3, 0.4) is 0 Å². The van der Waals surface area contributed by atoms with Crippen molar-refractivity contribution < 1.29 is 29.0 Å². The van der Waals surface area contributed by atoms with Gasteiger partial charge >= 0.3 is 5.97 Å². The lowest BCUT2D eigenvalue weighted by Gasteiger charge is -2.36. The number of carbonyl (C=O) groups is 3. The quantitative estimate of drug-likeness (QED) is 0.583. The van der Waals surface area contributed by atoms with Crippen LogP contribution in [0.15, 0.2) is 0 Å². The number of carbonyl (C=O) groups excluding carboxylic acids is 3. The number of amides is 2. The van der Waals surface area contributed by atoms with Crippen molar-refractivity contribution in [3.63, 3.8) is 0 Å². The Morgan fingerprint density at radius 3 is 2.71 bits per heavy atom. The van der Waals surface area contributed by atoms with Crippen molar-refractivity contribution in [2.45, 2.75) is 83.2 Å². The van der Waals surface area contributed by atoms with Crippen LogP contribution < -0.4 is 5.32 Å². The average molecular weight is 396 g/mol. The third kappa shape index (κ3) is 3.10. The number of esters is 1. The molecule has 28 heavy (non-hydrogen) atoms. The van der Waals surface area contributed by atoms with Crippen LogP contribution in [0.4, 0.5) is 0 Å². The molecule has 3 unspecified atom stereocenters. The van der Waals surface area contributed by atoms with E-state index < -0.39 is 41.6 Å². The van der Waals surface area contributed by atoms with Crippen LogP contribution in [-0.4, -0.2) is 70.8 Å². The SMILES string of the molecule is CCCC(C)NC(=O)C1N([C@H](C)CO)C(=O)[C@@H]2[C@@H](C(=O)OCC)[C@H]3CCC12O3. The third-order valence-electron chi connectivity index (χ3n) is 6.39. The summed E-state index contributed by atoms with van der Waals surface area (Å²) in [6, 6.07) is -1.43. The summed E-state index contributed by atoms with van der Waals surface area (Å²) in [5.41, 5.74) is -1.03. The highest BCUT2D eigenvalue weighted by Gasteiger charge is 2.75. The number of aliphatic hydroxyl groups excluding tert-OH is 1. The minimum absolute atomic E-state index is 0.0335. The van der Waals surface area contributed by atoms with Gasteiger partial charge in [0, 0.05) is 6.04 Å². The number of ether oxygens (including phenoxy) is 2. The molecule has 0 saturated carbocycles. The number of nitrogens with one attached hydrogen (secondary N) is 1. The monoisotopic (exact) mass is 396 g/mol. The van der Waals surface area contributed by atoms with Crippen LogP contribution in [0.2, 0.25) is 0 Å². The number of likely N-dealkylation sites (tertiary alicyclic amines) is 1. The molecule has 2 bridgehead atoms. The fraction of sp³-hybridized carbons (Fsp3) is 0.850. The normalized spacial score (nSPS) is 35.6. The second-order valence-electron chi connectivity index (χ2n) is 8.28. The van der Waals surface area contributed by atoms with E-state index in [4.69, 9.17) is 9.47 Å². The van der Waals surface area contributed by atoms with E-state index in [1.807, 2.05) is 13.8 Å². The summed E-state index contributed by atoms with van der Waals surface area (Å²) in [6.45, 7) is 7.37. The highest BCUT2D eigenvalue weighted by Crippen LogP contribution is 2.58. The largest absolute Gasteiger partial charge is 0.466 e. The number of hydrogen-bond donors (Lipinski definition) is 2. The van der Waals surface area contributed by atoms with E-state index >= 15 is 0 Å². The molecular weight excluding hydrogens is 364 g/mol. The van der Waals surface area contributed by atoms with Crippen LogP contribution in [0, 0.1) is 11.8 Å². The predicted octanol–water partition coefficient (Wildman–Crippen LogP) is 0.610. The molecule has 3 rings (SSSR count). The molecule has 3 heterocycles. The van der Waals surface area contributed by atoms with Gasteiger partial charge in [0.25, 0.3) is 0 Å². The molecule has 8 heteroatoms. The van der Waals surface area contributed by atoms with Gasteiger partial charge in [-0.15, -0.1) is 0 Å². The van der Waals surface area contributed by atoms with Crippen LogP contribution >= 0.6 is 0 Å². The molecule has 0 radical (unpaired) electrons. The van der Waals surface area contributed by atoms with E-state index in [0.717, 1.165) is 12.8 Å². The van der Waals surface area contributed by atoms with Gasteiger partial charge in [0.1, 0.15) is 11.6 Å². The standard InChI is InChI=1S/C20H32N2O6/c1-5-7-11(3)21-17(24)16-20-9-8-13(28-20)14(19(26)27-6-2)15(20)18(25)22(16)12(4)10-23/h11-16,23H,5-10H2,1-4H3,(H,21,24)/t11?,12-,13-,14+,15+,16?,20?/m1/s1. The first-order valence-corrected chi connectivity index (χ1v) is 10.4. The summed E-state index contributed by atoms with van der Waals surface area (Å²) in [6.07, 6.45) is 2.51. The number of rotatable bonds is 8. The lowest BCUT2D eigenvalue weighted by Crippen LogP contribution is -2.58. The lowest BCUT2D eigenvalue weighted by atomic mass is 9.70. The van der Waals surface area contributed by atoms with Crippen LogP contribution in [0.25, 0.3) is 0 Å². The predicted molar refractivity (Wildman–Crippen MR) is 100 cm³/mol. The summed E-state index contributed by atoms with van der Waals surface area (Å²) in [4.78, 5) is 40.6. The van der Waals surface area contributed by atoms with Gasteiger partial charge in [-0.1, -0.05) is 13.3 Å². The van der Waals surface area contributed by atoms with Gasteiger partial charge in [0.05, 0.1) is 37.2 Å². The van der Waals surface area contributed by atoms with E-state index in [0.29, 0.717) is 12.8 Å². The number of aliphatic hydroxyl groups is 1. The molecule has 1 spiro atoms. The Hall–Kier alpha value is -1.67. The van der Waals surface area contributed by atoms with Gasteiger partial charge in [0.2, 0.25) is 11.8 Å². The molecular formula is C20H32N2O6. The Morgan fingerprint density at radius 1 is 1.39 bits per heavy atom. The van der Waals surface area contributed by atoms with E-state index in [-0.39, 0.29) is 31.1 Å². The Bertz CT molecular complexity index is 640. The molecule has 3 aliphatic heterocycles. The number of hydrogen-bond acceptors (Lipinski definition) is 6. The first-order valence-electron chi connectivity index (χ1n) is 10.4. The summed E-state index contributed by atoms with van der Waals surface area (Å²) < 4.78 is 11.4. The maximum Gasteiger partial charge on any atom is 0.312 e. The summed E-state index contributed by atoms with van der Waals surface area (Å²) in [7, 11) is 0. The second kappa shape index (κ2) is 7.99. The molecule has 3 fully saturated rings. The molecule has 0 aromatic heterocycles. The minimum Gasteiger partial charge on any atom is -0.466 e. The van der Waals surface area contributed by atoms with Crippen molar-refractivity contribution in [2.24, 2.45) is 11.8 Å². The van der Waals surface area contributed by atoms with Crippen molar-refractivity contribution in [3.8, 4) is 0 Å². The molecule has 0 aliphatic carbocycles. The Kier molecular flexibility index (Phi) is 6.00. The van der Waals surface area contributed by atoms with Crippen molar-refractivity contribution in [1.82, 2.24) is 10.2 Å². The third-order valence-corrected chi connectivity index (χ3v) is 6.39. The van der Waals surface area contributed by atoms with E-state index in [2.05, 4.69) is 5.32 Å². The van der Waals surface area contributed by atoms with Crippen LogP contribution in [0.5, 0.6) is 0 Å². The molecule has 0 aromatic carbocycles. The molecule has 2 amide bonds. The number of nitrogens with zero attached hydrogens (tertiary/aromatic N) is 1. The molecule has 3 saturated heterocycles. The fourth-order valence-electron chi connectivity index (χ4n) is 5.29. The molecule has 8 nitrogen and oxygen atoms in total. The van der Waals surface area contributed by atoms with Gasteiger partial charge in [-0.3, -0.25) is 14.4 Å². The highest BCUT2D eigenvalue weighted by atomic mass is 16.6. The molecule has 158 valence electrons. The van der Waals surface area contributed by atoms with Gasteiger partial charge in [-0.2, -0.15) is 0 Å². The summed E-state index contributed by atoms with van der Waals surface area (Å²) >= 11 is 0. The zero-order valence-electron chi connectivity index (χ0n) is 17.1. The topological polar surface area (TPSA) is 105 Å². The van der Waals surface area contributed by atoms with Crippen LogP contribution in [0.1, 0.15) is 53.4 Å². The zero-order chi connectivity index (χ0) is 20.6. The van der Waals surface area contributed by atoms with Gasteiger partial charge in [0.15, 0.2) is 0 Å². The van der Waals surface area contributed by atoms with E-state index in [9.17, 15) is 19.5 Å². The number of fused-ring (bicyclic) bond motifs is 1. The smallest absolute Gasteiger partial charge is 0.312 e. The highest BCUT2D eigenvalue weighted by molar-refractivity contribution is 5.98. The Balaban J connectivity index is 1.96. The van der Waals surface area contributed by atoms with Gasteiger partial charge < -0.3 is 24.8 Å². The van der Waals surface area contributed by atoms with Crippen molar-refractivity contribution in [2.75, 3.05) is 13.2 Å².